The molecule has 1 heterocycles. The lowest BCUT2D eigenvalue weighted by Gasteiger charge is -2.30. The number of hydrogen-bond donors (Lipinski definition) is 2. The number of para-hydroxylation sites is 1. The van der Waals surface area contributed by atoms with E-state index in [2.05, 4.69) is 5.32 Å². The second kappa shape index (κ2) is 10.0. The monoisotopic (exact) mass is 662 g/mol. The molecule has 1 aliphatic rings. The number of aliphatic carboxylic acids is 1. The van der Waals surface area contributed by atoms with E-state index in [1.54, 1.807) is 18.2 Å². The van der Waals surface area contributed by atoms with E-state index in [9.17, 15) is 14.4 Å². The number of benzene rings is 2. The zero-order valence-electron chi connectivity index (χ0n) is 16.1. The lowest BCUT2D eigenvalue weighted by atomic mass is 10.0. The van der Waals surface area contributed by atoms with Crippen LogP contribution in [0.2, 0.25) is 0 Å². The van der Waals surface area contributed by atoms with Crippen LogP contribution in [-0.4, -0.2) is 34.6 Å². The van der Waals surface area contributed by atoms with Crippen molar-refractivity contribution in [3.05, 3.63) is 60.2 Å². The van der Waals surface area contributed by atoms with E-state index in [0.29, 0.717) is 30.6 Å². The highest BCUT2D eigenvalue weighted by Crippen LogP contribution is 2.31. The number of rotatable bonds is 6. The minimum absolute atomic E-state index is 0.0367. The van der Waals surface area contributed by atoms with E-state index < -0.39 is 24.4 Å². The van der Waals surface area contributed by atoms with Gasteiger partial charge in [-0.05, 0) is 99.2 Å². The summed E-state index contributed by atoms with van der Waals surface area (Å²) in [5.41, 5.74) is 2.11. The Hall–Kier alpha value is -2.06. The SMILES string of the molecule is CCc1ccccc1N1C(=O)/C(=C/c2cc(I)c(OCC(=O)O)c(I)c2)C(=O)NC1=S. The lowest BCUT2D eigenvalue weighted by molar-refractivity contribution is -0.139. The maximum Gasteiger partial charge on any atom is 0.341 e. The third kappa shape index (κ3) is 5.23. The predicted molar refractivity (Wildman–Crippen MR) is 137 cm³/mol. The number of nitrogens with zero attached hydrogens (tertiary/aromatic N) is 1. The zero-order valence-corrected chi connectivity index (χ0v) is 21.3. The smallest absolute Gasteiger partial charge is 0.341 e. The summed E-state index contributed by atoms with van der Waals surface area (Å²) in [6, 6.07) is 10.8. The summed E-state index contributed by atoms with van der Waals surface area (Å²) >= 11 is 9.32. The first-order valence-corrected chi connectivity index (χ1v) is 11.6. The minimum Gasteiger partial charge on any atom is -0.480 e. The third-order valence-electron chi connectivity index (χ3n) is 4.39. The van der Waals surface area contributed by atoms with Crippen molar-refractivity contribution >= 4 is 92.1 Å². The maximum atomic E-state index is 13.2. The number of thiocarbonyl (C=S) groups is 1. The Morgan fingerprint density at radius 1 is 1.23 bits per heavy atom. The second-order valence-corrected chi connectivity index (χ2v) is 9.15. The van der Waals surface area contributed by atoms with Gasteiger partial charge in [0.25, 0.3) is 11.8 Å². The Kier molecular flexibility index (Phi) is 7.64. The topological polar surface area (TPSA) is 95.9 Å². The van der Waals surface area contributed by atoms with E-state index in [4.69, 9.17) is 22.1 Å². The highest BCUT2D eigenvalue weighted by molar-refractivity contribution is 14.1. The fourth-order valence-electron chi connectivity index (χ4n) is 3.01. The highest BCUT2D eigenvalue weighted by atomic mass is 127. The van der Waals surface area contributed by atoms with Crippen molar-refractivity contribution in [1.82, 2.24) is 5.32 Å². The molecule has 0 aromatic heterocycles. The molecule has 10 heteroatoms. The molecule has 2 amide bonds. The summed E-state index contributed by atoms with van der Waals surface area (Å²) in [5, 5.41) is 11.5. The molecule has 0 saturated carbocycles. The molecule has 0 radical (unpaired) electrons. The van der Waals surface area contributed by atoms with Crippen molar-refractivity contribution in [1.29, 1.82) is 0 Å². The average Bonchev–Trinajstić information content (AvgIpc) is 2.70. The molecule has 1 aliphatic heterocycles. The Morgan fingerprint density at radius 3 is 2.48 bits per heavy atom. The van der Waals surface area contributed by atoms with Crippen molar-refractivity contribution in [2.45, 2.75) is 13.3 Å². The molecule has 2 aromatic carbocycles. The van der Waals surface area contributed by atoms with E-state index in [1.807, 2.05) is 70.3 Å². The number of carboxylic acids is 1. The van der Waals surface area contributed by atoms with Crippen LogP contribution in [-0.2, 0) is 20.8 Å². The molecule has 7 nitrogen and oxygen atoms in total. The Morgan fingerprint density at radius 2 is 1.87 bits per heavy atom. The van der Waals surface area contributed by atoms with Gasteiger partial charge in [-0.1, -0.05) is 25.1 Å². The average molecular weight is 662 g/mol. The number of carboxylic acid groups (broad SMARTS) is 1. The van der Waals surface area contributed by atoms with Gasteiger partial charge in [0.15, 0.2) is 11.7 Å². The lowest BCUT2D eigenvalue weighted by Crippen LogP contribution is -2.54. The van der Waals surface area contributed by atoms with Gasteiger partial charge < -0.3 is 9.84 Å². The standard InChI is InChI=1S/C21H16I2N2O5S/c1-2-12-5-3-4-6-16(12)25-20(29)13(19(28)24-21(25)31)7-11-8-14(22)18(15(23)9-11)30-10-17(26)27/h3-9H,2,10H2,1H3,(H,26,27)(H,24,28,31)/b13-7+. The van der Waals surface area contributed by atoms with E-state index in [-0.39, 0.29) is 10.7 Å². The van der Waals surface area contributed by atoms with Crippen LogP contribution in [0.5, 0.6) is 5.75 Å². The number of amides is 2. The van der Waals surface area contributed by atoms with Gasteiger partial charge in [-0.3, -0.25) is 19.8 Å². The second-order valence-electron chi connectivity index (χ2n) is 6.44. The Labute approximate surface area is 211 Å². The maximum absolute atomic E-state index is 13.2. The van der Waals surface area contributed by atoms with Crippen LogP contribution in [0.25, 0.3) is 6.08 Å². The highest BCUT2D eigenvalue weighted by Gasteiger charge is 2.35. The largest absolute Gasteiger partial charge is 0.480 e. The minimum atomic E-state index is -1.08. The van der Waals surface area contributed by atoms with E-state index >= 15 is 0 Å². The van der Waals surface area contributed by atoms with Gasteiger partial charge in [0.2, 0.25) is 0 Å². The summed E-state index contributed by atoms with van der Waals surface area (Å²) in [4.78, 5) is 37.9. The third-order valence-corrected chi connectivity index (χ3v) is 6.27. The Bertz CT molecular complexity index is 1110. The number of carbonyl (C=O) groups is 3. The van der Waals surface area contributed by atoms with Crippen LogP contribution >= 0.6 is 57.4 Å². The molecule has 3 rings (SSSR count). The zero-order chi connectivity index (χ0) is 22.7. The normalized spacial score (nSPS) is 15.3. The molecule has 0 spiro atoms. The number of nitrogens with one attached hydrogen (secondary N) is 1. The number of anilines is 1. The first-order chi connectivity index (χ1) is 14.7. The van der Waals surface area contributed by atoms with Gasteiger partial charge >= 0.3 is 5.97 Å². The molecule has 2 aromatic rings. The van der Waals surface area contributed by atoms with Crippen LogP contribution in [0.3, 0.4) is 0 Å². The van der Waals surface area contributed by atoms with Crippen LogP contribution in [0, 0.1) is 7.14 Å². The van der Waals surface area contributed by atoms with Crippen LogP contribution in [0.1, 0.15) is 18.1 Å². The van der Waals surface area contributed by atoms with Crippen molar-refractivity contribution < 1.29 is 24.2 Å². The van der Waals surface area contributed by atoms with Crippen LogP contribution in [0.15, 0.2) is 42.0 Å². The summed E-state index contributed by atoms with van der Waals surface area (Å²) in [5.74, 6) is -1.72. The fraction of sp³-hybridized carbons (Fsp3) is 0.143. The molecule has 0 atom stereocenters. The van der Waals surface area contributed by atoms with Gasteiger partial charge in [-0.2, -0.15) is 0 Å². The number of halogens is 2. The molecule has 31 heavy (non-hydrogen) atoms. The molecule has 0 aliphatic carbocycles. The number of aryl methyl sites for hydroxylation is 1. The molecule has 1 fully saturated rings. The van der Waals surface area contributed by atoms with Crippen LogP contribution in [0.4, 0.5) is 5.69 Å². The van der Waals surface area contributed by atoms with Gasteiger partial charge in [0.1, 0.15) is 11.3 Å². The van der Waals surface area contributed by atoms with Crippen LogP contribution < -0.4 is 15.0 Å². The number of carbonyl (C=O) groups excluding carboxylic acids is 2. The summed E-state index contributed by atoms with van der Waals surface area (Å²) < 4.78 is 6.64. The molecule has 160 valence electrons. The van der Waals surface area contributed by atoms with Crippen molar-refractivity contribution in [3.63, 3.8) is 0 Å². The van der Waals surface area contributed by atoms with Gasteiger partial charge in [0.05, 0.1) is 12.8 Å². The first-order valence-electron chi connectivity index (χ1n) is 9.06. The molecule has 1 saturated heterocycles. The Balaban J connectivity index is 1.99. The van der Waals surface area contributed by atoms with Gasteiger partial charge in [-0.25, -0.2) is 4.79 Å². The molecule has 0 bridgehead atoms. The molecule has 2 N–H and O–H groups in total. The summed E-state index contributed by atoms with van der Waals surface area (Å²) in [6.45, 7) is 1.51. The number of hydrogen-bond acceptors (Lipinski definition) is 5. The summed E-state index contributed by atoms with van der Waals surface area (Å²) in [7, 11) is 0. The van der Waals surface area contributed by atoms with Gasteiger partial charge in [0, 0.05) is 0 Å². The van der Waals surface area contributed by atoms with E-state index in [0.717, 1.165) is 5.56 Å². The molecule has 0 unspecified atom stereocenters. The van der Waals surface area contributed by atoms with Crippen molar-refractivity contribution in [3.8, 4) is 5.75 Å². The van der Waals surface area contributed by atoms with E-state index in [1.165, 1.54) is 11.0 Å². The summed E-state index contributed by atoms with van der Waals surface area (Å²) in [6.07, 6.45) is 2.19. The van der Waals surface area contributed by atoms with Gasteiger partial charge in [-0.15, -0.1) is 0 Å². The first kappa shape index (κ1) is 23.6. The number of ether oxygens (including phenoxy) is 1. The molecular weight excluding hydrogens is 646 g/mol. The predicted octanol–water partition coefficient (Wildman–Crippen LogP) is 3.75. The van der Waals surface area contributed by atoms with Crippen molar-refractivity contribution in [2.75, 3.05) is 11.5 Å². The molecular formula is C21H16I2N2O5S. The van der Waals surface area contributed by atoms with Crippen molar-refractivity contribution in [2.24, 2.45) is 0 Å². The fourth-order valence-corrected chi connectivity index (χ4v) is 5.41. The quantitative estimate of drug-likeness (QED) is 0.212.